The van der Waals surface area contributed by atoms with Crippen LogP contribution in [0.15, 0.2) is 11.1 Å². The summed E-state index contributed by atoms with van der Waals surface area (Å²) in [6, 6.07) is 0. The van der Waals surface area contributed by atoms with E-state index in [0.29, 0.717) is 17.4 Å². The highest BCUT2D eigenvalue weighted by atomic mass is 32.2. The van der Waals surface area contributed by atoms with E-state index >= 15 is 0 Å². The van der Waals surface area contributed by atoms with Crippen molar-refractivity contribution in [3.05, 3.63) is 17.5 Å². The second kappa shape index (κ2) is 7.11. The Labute approximate surface area is 146 Å². The molecule has 24 heavy (non-hydrogen) atoms. The maximum atomic E-state index is 12.7. The lowest BCUT2D eigenvalue weighted by Gasteiger charge is -2.14. The van der Waals surface area contributed by atoms with E-state index in [4.69, 9.17) is 4.74 Å². The predicted molar refractivity (Wildman–Crippen MR) is 95.5 cm³/mol. The molecule has 0 spiro atoms. The van der Waals surface area contributed by atoms with Gasteiger partial charge in [0.15, 0.2) is 5.65 Å². The Balaban J connectivity index is 1.93. The van der Waals surface area contributed by atoms with Crippen LogP contribution in [-0.4, -0.2) is 45.2 Å². The van der Waals surface area contributed by atoms with Gasteiger partial charge in [-0.05, 0) is 19.8 Å². The first-order valence-electron chi connectivity index (χ1n) is 8.36. The average molecular weight is 348 g/mol. The summed E-state index contributed by atoms with van der Waals surface area (Å²) in [5.74, 6) is -0.0914. The number of fused-ring (bicyclic) bond motifs is 1. The number of pyridine rings is 1. The minimum Gasteiger partial charge on any atom is -0.376 e. The fourth-order valence-electron chi connectivity index (χ4n) is 3.01. The zero-order valence-electron chi connectivity index (χ0n) is 14.6. The number of nitrogens with zero attached hydrogens (tertiary/aromatic N) is 3. The topological polar surface area (TPSA) is 69.0 Å². The molecule has 130 valence electrons. The van der Waals surface area contributed by atoms with E-state index in [1.54, 1.807) is 22.6 Å². The third-order valence-corrected chi connectivity index (χ3v) is 5.22. The zero-order chi connectivity index (χ0) is 17.3. The number of hydrogen-bond acceptors (Lipinski definition) is 5. The maximum absolute atomic E-state index is 12.7. The van der Waals surface area contributed by atoms with E-state index < -0.39 is 0 Å². The quantitative estimate of drug-likeness (QED) is 0.842. The van der Waals surface area contributed by atoms with Gasteiger partial charge in [0.1, 0.15) is 0 Å². The Morgan fingerprint density at radius 1 is 1.54 bits per heavy atom. The van der Waals surface area contributed by atoms with Crippen LogP contribution in [0.5, 0.6) is 0 Å². The number of thioether (sulfide) groups is 1. The third-order valence-electron chi connectivity index (χ3n) is 4.09. The molecule has 3 heterocycles. The number of aromatic nitrogens is 3. The lowest BCUT2D eigenvalue weighted by molar-refractivity contribution is 0.0855. The molecule has 7 heteroatoms. The SMILES string of the molecule is Cc1nn(C)c2ncc(C(=O)NCC3CCCO3)c(SC(C)C)c12. The first-order valence-corrected chi connectivity index (χ1v) is 9.24. The molecule has 1 unspecified atom stereocenters. The number of rotatable bonds is 5. The molecular weight excluding hydrogens is 324 g/mol. The molecule has 1 amide bonds. The van der Waals surface area contributed by atoms with Gasteiger partial charge in [0, 0.05) is 36.5 Å². The van der Waals surface area contributed by atoms with E-state index in [9.17, 15) is 4.79 Å². The fraction of sp³-hybridized carbons (Fsp3) is 0.588. The van der Waals surface area contributed by atoms with Gasteiger partial charge in [-0.25, -0.2) is 4.98 Å². The van der Waals surface area contributed by atoms with Crippen LogP contribution in [0, 0.1) is 6.92 Å². The summed E-state index contributed by atoms with van der Waals surface area (Å²) in [5.41, 5.74) is 2.33. The van der Waals surface area contributed by atoms with Crippen LogP contribution in [0.25, 0.3) is 11.0 Å². The second-order valence-electron chi connectivity index (χ2n) is 6.42. The van der Waals surface area contributed by atoms with Crippen molar-refractivity contribution in [3.63, 3.8) is 0 Å². The number of nitrogens with one attached hydrogen (secondary N) is 1. The molecule has 1 atom stereocenters. The van der Waals surface area contributed by atoms with Crippen LogP contribution < -0.4 is 5.32 Å². The molecule has 0 aliphatic carbocycles. The first kappa shape index (κ1) is 17.2. The van der Waals surface area contributed by atoms with Crippen LogP contribution >= 0.6 is 11.8 Å². The van der Waals surface area contributed by atoms with Crippen molar-refractivity contribution < 1.29 is 9.53 Å². The minimum atomic E-state index is -0.0914. The van der Waals surface area contributed by atoms with Crippen molar-refractivity contribution in [2.24, 2.45) is 7.05 Å². The van der Waals surface area contributed by atoms with Gasteiger partial charge in [-0.2, -0.15) is 5.10 Å². The predicted octanol–water partition coefficient (Wildman–Crippen LogP) is 2.69. The largest absolute Gasteiger partial charge is 0.376 e. The van der Waals surface area contributed by atoms with Crippen molar-refractivity contribution in [1.82, 2.24) is 20.1 Å². The molecular formula is C17H24N4O2S. The van der Waals surface area contributed by atoms with Gasteiger partial charge in [-0.1, -0.05) is 13.8 Å². The molecule has 0 aromatic carbocycles. The van der Waals surface area contributed by atoms with Crippen LogP contribution in [0.2, 0.25) is 0 Å². The summed E-state index contributed by atoms with van der Waals surface area (Å²) >= 11 is 1.68. The summed E-state index contributed by atoms with van der Waals surface area (Å²) in [6.07, 6.45) is 3.87. The number of hydrogen-bond donors (Lipinski definition) is 1. The highest BCUT2D eigenvalue weighted by molar-refractivity contribution is 8.00. The van der Waals surface area contributed by atoms with E-state index in [2.05, 4.69) is 29.2 Å². The first-order chi connectivity index (χ1) is 11.5. The number of amides is 1. The van der Waals surface area contributed by atoms with Crippen molar-refractivity contribution in [1.29, 1.82) is 0 Å². The summed E-state index contributed by atoms with van der Waals surface area (Å²) < 4.78 is 7.34. The van der Waals surface area contributed by atoms with Gasteiger partial charge in [0.2, 0.25) is 0 Å². The van der Waals surface area contributed by atoms with Gasteiger partial charge in [-0.3, -0.25) is 9.48 Å². The third kappa shape index (κ3) is 3.42. The van der Waals surface area contributed by atoms with Crippen molar-refractivity contribution >= 4 is 28.7 Å². The Morgan fingerprint density at radius 2 is 2.33 bits per heavy atom. The average Bonchev–Trinajstić information content (AvgIpc) is 3.13. The number of aryl methyl sites for hydroxylation is 2. The van der Waals surface area contributed by atoms with Crippen LogP contribution in [0.4, 0.5) is 0 Å². The maximum Gasteiger partial charge on any atom is 0.254 e. The molecule has 0 radical (unpaired) electrons. The molecule has 2 aromatic rings. The van der Waals surface area contributed by atoms with Gasteiger partial charge in [-0.15, -0.1) is 11.8 Å². The Hall–Kier alpha value is -1.60. The lowest BCUT2D eigenvalue weighted by Crippen LogP contribution is -2.32. The number of carbonyl (C=O) groups is 1. The molecule has 0 saturated carbocycles. The molecule has 3 rings (SSSR count). The molecule has 1 aliphatic heterocycles. The van der Waals surface area contributed by atoms with Crippen molar-refractivity contribution in [3.8, 4) is 0 Å². The highest BCUT2D eigenvalue weighted by Crippen LogP contribution is 2.34. The normalized spacial score (nSPS) is 17.8. The molecule has 2 aromatic heterocycles. The summed E-state index contributed by atoms with van der Waals surface area (Å²) in [5, 5.41) is 8.79. The molecule has 6 nitrogen and oxygen atoms in total. The van der Waals surface area contributed by atoms with Crippen LogP contribution in [-0.2, 0) is 11.8 Å². The van der Waals surface area contributed by atoms with E-state index in [1.165, 1.54) is 0 Å². The monoisotopic (exact) mass is 348 g/mol. The minimum absolute atomic E-state index is 0.0914. The van der Waals surface area contributed by atoms with E-state index in [1.807, 2.05) is 14.0 Å². The molecule has 1 aliphatic rings. The molecule has 1 saturated heterocycles. The standard InChI is InChI=1S/C17H24N4O2S/c1-10(2)24-15-13(17(22)19-8-12-6-5-7-23-12)9-18-16-14(15)11(3)20-21(16)4/h9-10,12H,5-8H2,1-4H3,(H,19,22). The van der Waals surface area contributed by atoms with Gasteiger partial charge in [0.25, 0.3) is 5.91 Å². The van der Waals surface area contributed by atoms with Crippen molar-refractivity contribution in [2.45, 2.75) is 49.9 Å². The summed E-state index contributed by atoms with van der Waals surface area (Å²) in [4.78, 5) is 18.1. The molecule has 1 fully saturated rings. The Kier molecular flexibility index (Phi) is 5.10. The van der Waals surface area contributed by atoms with Gasteiger partial charge in [0.05, 0.1) is 22.7 Å². The Bertz CT molecular complexity index is 751. The number of ether oxygens (including phenoxy) is 1. The Morgan fingerprint density at radius 3 is 3.00 bits per heavy atom. The van der Waals surface area contributed by atoms with E-state index in [-0.39, 0.29) is 12.0 Å². The smallest absolute Gasteiger partial charge is 0.254 e. The van der Waals surface area contributed by atoms with Crippen LogP contribution in [0.1, 0.15) is 42.7 Å². The summed E-state index contributed by atoms with van der Waals surface area (Å²) in [7, 11) is 1.88. The molecule has 0 bridgehead atoms. The zero-order valence-corrected chi connectivity index (χ0v) is 15.4. The van der Waals surface area contributed by atoms with Crippen LogP contribution in [0.3, 0.4) is 0 Å². The number of carbonyl (C=O) groups excluding carboxylic acids is 1. The van der Waals surface area contributed by atoms with Gasteiger partial charge >= 0.3 is 0 Å². The fourth-order valence-corrected chi connectivity index (χ4v) is 4.11. The van der Waals surface area contributed by atoms with Crippen molar-refractivity contribution in [2.75, 3.05) is 13.2 Å². The molecule has 1 N–H and O–H groups in total. The van der Waals surface area contributed by atoms with Gasteiger partial charge < -0.3 is 10.1 Å². The lowest BCUT2D eigenvalue weighted by atomic mass is 10.2. The summed E-state index contributed by atoms with van der Waals surface area (Å²) in [6.45, 7) is 7.54. The second-order valence-corrected chi connectivity index (χ2v) is 8.01. The highest BCUT2D eigenvalue weighted by Gasteiger charge is 2.22. The van der Waals surface area contributed by atoms with E-state index in [0.717, 1.165) is 41.1 Å².